The van der Waals surface area contributed by atoms with Crippen LogP contribution in [-0.4, -0.2) is 45.0 Å². The van der Waals surface area contributed by atoms with Gasteiger partial charge in [-0.3, -0.25) is 9.10 Å². The Morgan fingerprint density at radius 1 is 0.829 bits per heavy atom. The second kappa shape index (κ2) is 10.1. The average Bonchev–Trinajstić information content (AvgIpc) is 2.89. The van der Waals surface area contributed by atoms with Crippen molar-refractivity contribution in [2.75, 3.05) is 23.9 Å². The normalized spacial score (nSPS) is 18.6. The number of ether oxygens (including phenoxy) is 1. The van der Waals surface area contributed by atoms with E-state index in [9.17, 15) is 13.2 Å². The number of anilines is 1. The molecule has 2 aliphatic heterocycles. The van der Waals surface area contributed by atoms with Crippen molar-refractivity contribution in [3.63, 3.8) is 0 Å². The van der Waals surface area contributed by atoms with Crippen LogP contribution in [0.5, 0.6) is 5.75 Å². The number of amides is 1. The molecule has 2 aliphatic rings. The summed E-state index contributed by atoms with van der Waals surface area (Å²) in [5.41, 5.74) is 2.51. The molecule has 182 valence electrons. The fourth-order valence-electron chi connectivity index (χ4n) is 4.97. The van der Waals surface area contributed by atoms with E-state index in [1.54, 1.807) is 36.4 Å². The third-order valence-corrected chi connectivity index (χ3v) is 8.55. The van der Waals surface area contributed by atoms with E-state index in [4.69, 9.17) is 4.74 Å². The minimum atomic E-state index is -3.71. The smallest absolute Gasteiger partial charge is 0.265 e. The van der Waals surface area contributed by atoms with Gasteiger partial charge in [-0.25, -0.2) is 8.42 Å². The Morgan fingerprint density at radius 3 is 2.11 bits per heavy atom. The molecule has 0 bridgehead atoms. The molecule has 1 atom stereocenters. The number of fused-ring (bicyclic) bond motifs is 1. The van der Waals surface area contributed by atoms with Crippen LogP contribution in [0.3, 0.4) is 0 Å². The van der Waals surface area contributed by atoms with Crippen molar-refractivity contribution in [2.24, 2.45) is 5.92 Å². The molecule has 2 heterocycles. The van der Waals surface area contributed by atoms with Crippen LogP contribution < -0.4 is 9.04 Å². The highest BCUT2D eigenvalue weighted by Gasteiger charge is 2.39. The lowest BCUT2D eigenvalue weighted by Gasteiger charge is -2.38. The van der Waals surface area contributed by atoms with Crippen LogP contribution in [-0.2, 0) is 27.0 Å². The Morgan fingerprint density at radius 2 is 1.43 bits per heavy atom. The van der Waals surface area contributed by atoms with Gasteiger partial charge in [0, 0.05) is 13.1 Å². The first-order valence-corrected chi connectivity index (χ1v) is 13.7. The summed E-state index contributed by atoms with van der Waals surface area (Å²) in [5, 5.41) is 0. The van der Waals surface area contributed by atoms with Gasteiger partial charge in [-0.05, 0) is 48.4 Å². The van der Waals surface area contributed by atoms with Gasteiger partial charge in [-0.1, -0.05) is 72.8 Å². The Labute approximate surface area is 207 Å². The van der Waals surface area contributed by atoms with Gasteiger partial charge >= 0.3 is 0 Å². The third kappa shape index (κ3) is 5.35. The Bertz CT molecular complexity index is 1260. The predicted octanol–water partition coefficient (Wildman–Crippen LogP) is 4.27. The second-order valence-corrected chi connectivity index (χ2v) is 11.2. The molecule has 5 rings (SSSR count). The zero-order valence-electron chi connectivity index (χ0n) is 19.6. The maximum Gasteiger partial charge on any atom is 0.265 e. The van der Waals surface area contributed by atoms with E-state index in [1.807, 2.05) is 29.2 Å². The topological polar surface area (TPSA) is 66.9 Å². The number of nitrogens with zero attached hydrogens (tertiary/aromatic N) is 2. The summed E-state index contributed by atoms with van der Waals surface area (Å²) in [6.07, 6.45) is 2.02. The van der Waals surface area contributed by atoms with Crippen molar-refractivity contribution in [3.05, 3.63) is 96.1 Å². The Hall–Kier alpha value is -3.32. The monoisotopic (exact) mass is 490 g/mol. The minimum Gasteiger partial charge on any atom is -0.476 e. The molecule has 1 amide bonds. The highest BCUT2D eigenvalue weighted by molar-refractivity contribution is 7.92. The van der Waals surface area contributed by atoms with Crippen molar-refractivity contribution >= 4 is 21.6 Å². The highest BCUT2D eigenvalue weighted by atomic mass is 32.2. The zero-order chi connectivity index (χ0) is 24.3. The summed E-state index contributed by atoms with van der Waals surface area (Å²) >= 11 is 0. The molecule has 1 fully saturated rings. The molecule has 3 aromatic rings. The van der Waals surface area contributed by atoms with Crippen molar-refractivity contribution < 1.29 is 17.9 Å². The number of carbonyl (C=O) groups is 1. The molecule has 35 heavy (non-hydrogen) atoms. The van der Waals surface area contributed by atoms with E-state index < -0.39 is 16.1 Å². The standard InChI is InChI=1S/C28H30N2O4S/c31-28(29-17-15-23(16-18-29)19-22-9-3-1-4-10-22)27-20-30(25-13-7-8-14-26(25)34-27)35(32,33)21-24-11-5-2-6-12-24/h1-14,23,27H,15-21H2/t27-/m0/s1. The molecular weight excluding hydrogens is 460 g/mol. The molecule has 0 aromatic heterocycles. The molecule has 0 aliphatic carbocycles. The lowest BCUT2D eigenvalue weighted by molar-refractivity contribution is -0.139. The van der Waals surface area contributed by atoms with Gasteiger partial charge in [0.15, 0.2) is 6.10 Å². The molecule has 1 saturated heterocycles. The van der Waals surface area contributed by atoms with Gasteiger partial charge in [-0.2, -0.15) is 0 Å². The van der Waals surface area contributed by atoms with Gasteiger partial charge in [-0.15, -0.1) is 0 Å². The van der Waals surface area contributed by atoms with Crippen molar-refractivity contribution in [2.45, 2.75) is 31.1 Å². The van der Waals surface area contributed by atoms with E-state index in [0.717, 1.165) is 19.3 Å². The molecule has 0 radical (unpaired) electrons. The number of rotatable bonds is 6. The Kier molecular flexibility index (Phi) is 6.77. The van der Waals surface area contributed by atoms with Crippen molar-refractivity contribution in [1.29, 1.82) is 0 Å². The number of hydrogen-bond acceptors (Lipinski definition) is 4. The van der Waals surface area contributed by atoms with Crippen LogP contribution in [0.1, 0.15) is 24.0 Å². The SMILES string of the molecule is O=C([C@@H]1CN(S(=O)(=O)Cc2ccccc2)c2ccccc2O1)N1CCC(Cc2ccccc2)CC1. The largest absolute Gasteiger partial charge is 0.476 e. The fourth-order valence-corrected chi connectivity index (χ4v) is 6.55. The molecule has 0 spiro atoms. The number of carbonyl (C=O) groups excluding carboxylic acids is 1. The fraction of sp³-hybridized carbons (Fsp3) is 0.321. The molecule has 3 aromatic carbocycles. The molecule has 0 saturated carbocycles. The van der Waals surface area contributed by atoms with Crippen LogP contribution in [0.15, 0.2) is 84.9 Å². The van der Waals surface area contributed by atoms with Gasteiger partial charge in [0.1, 0.15) is 5.75 Å². The first-order chi connectivity index (χ1) is 17.0. The maximum absolute atomic E-state index is 13.4. The number of benzene rings is 3. The van der Waals surface area contributed by atoms with Crippen LogP contribution >= 0.6 is 0 Å². The summed E-state index contributed by atoms with van der Waals surface area (Å²) in [6.45, 7) is 1.30. The van der Waals surface area contributed by atoms with Crippen molar-refractivity contribution in [3.8, 4) is 5.75 Å². The molecule has 6 nitrogen and oxygen atoms in total. The van der Waals surface area contributed by atoms with E-state index in [1.165, 1.54) is 9.87 Å². The van der Waals surface area contributed by atoms with Gasteiger partial charge in [0.2, 0.25) is 10.0 Å². The maximum atomic E-state index is 13.4. The van der Waals surface area contributed by atoms with Gasteiger partial charge < -0.3 is 9.64 Å². The predicted molar refractivity (Wildman–Crippen MR) is 137 cm³/mol. The van der Waals surface area contributed by atoms with Crippen LogP contribution in [0, 0.1) is 5.92 Å². The summed E-state index contributed by atoms with van der Waals surface area (Å²) < 4.78 is 34.2. The number of piperidine rings is 1. The van der Waals surface area contributed by atoms with Crippen LogP contribution in [0.25, 0.3) is 0 Å². The van der Waals surface area contributed by atoms with E-state index in [0.29, 0.717) is 36.0 Å². The molecule has 7 heteroatoms. The van der Waals surface area contributed by atoms with E-state index in [2.05, 4.69) is 24.3 Å². The van der Waals surface area contributed by atoms with Crippen molar-refractivity contribution in [1.82, 2.24) is 4.90 Å². The minimum absolute atomic E-state index is 0.0189. The third-order valence-electron chi connectivity index (χ3n) is 6.83. The first-order valence-electron chi connectivity index (χ1n) is 12.1. The lowest BCUT2D eigenvalue weighted by Crippen LogP contribution is -2.53. The van der Waals surface area contributed by atoms with Gasteiger partial charge in [0.05, 0.1) is 18.0 Å². The first kappa shape index (κ1) is 23.4. The van der Waals surface area contributed by atoms with E-state index >= 15 is 0 Å². The molecular formula is C28H30N2O4S. The zero-order valence-corrected chi connectivity index (χ0v) is 20.4. The number of para-hydroxylation sites is 2. The number of sulfonamides is 1. The van der Waals surface area contributed by atoms with Crippen LogP contribution in [0.4, 0.5) is 5.69 Å². The summed E-state index contributed by atoms with van der Waals surface area (Å²) in [4.78, 5) is 15.3. The second-order valence-electron chi connectivity index (χ2n) is 9.31. The molecule has 0 N–H and O–H groups in total. The highest BCUT2D eigenvalue weighted by Crippen LogP contribution is 2.36. The summed E-state index contributed by atoms with van der Waals surface area (Å²) in [7, 11) is -3.71. The van der Waals surface area contributed by atoms with E-state index in [-0.39, 0.29) is 18.2 Å². The average molecular weight is 491 g/mol. The van der Waals surface area contributed by atoms with Gasteiger partial charge in [0.25, 0.3) is 5.91 Å². The number of likely N-dealkylation sites (tertiary alicyclic amines) is 1. The summed E-state index contributed by atoms with van der Waals surface area (Å²) in [6, 6.07) is 26.6. The van der Waals surface area contributed by atoms with Crippen LogP contribution in [0.2, 0.25) is 0 Å². The molecule has 0 unspecified atom stereocenters. The summed E-state index contributed by atoms with van der Waals surface area (Å²) in [5.74, 6) is 0.691. The Balaban J connectivity index is 1.29. The lowest BCUT2D eigenvalue weighted by atomic mass is 9.90. The quantitative estimate of drug-likeness (QED) is 0.518. The number of hydrogen-bond donors (Lipinski definition) is 0.